The fraction of sp³-hybridized carbons (Fsp3) is 0.917. The van der Waals surface area contributed by atoms with E-state index in [1.54, 1.807) is 6.92 Å². The highest BCUT2D eigenvalue weighted by molar-refractivity contribution is 5.68. The molecular formula is C12H25N2O+. The number of nitrogens with zero attached hydrogens (tertiary/aromatic N) is 1. The van der Waals surface area contributed by atoms with Gasteiger partial charge in [-0.05, 0) is 12.3 Å². The number of likely N-dealkylation sites (N-methyl/N-ethyl adjacent to an activating group) is 1. The fourth-order valence-electron chi connectivity index (χ4n) is 3.01. The summed E-state index contributed by atoms with van der Waals surface area (Å²) in [6.45, 7) is 13.1. The average molecular weight is 213 g/mol. The summed E-state index contributed by atoms with van der Waals surface area (Å²) in [5, 5.41) is 0. The normalized spacial score (nSPS) is 40.3. The molecular weight excluding hydrogens is 188 g/mol. The Morgan fingerprint density at radius 2 is 1.93 bits per heavy atom. The standard InChI is InChI=1S/C12H25N2O/c1-7-14(9(2)15)10(12(14,6)13)8-11(3,4)5/h10H,7-8,13H2,1-6H3/q+1. The van der Waals surface area contributed by atoms with Crippen molar-refractivity contribution < 1.29 is 9.28 Å². The molecule has 0 bridgehead atoms. The molecule has 15 heavy (non-hydrogen) atoms. The summed E-state index contributed by atoms with van der Waals surface area (Å²) in [5.74, 6) is 0.205. The lowest BCUT2D eigenvalue weighted by Crippen LogP contribution is -2.43. The second-order valence-corrected chi connectivity index (χ2v) is 6.21. The summed E-state index contributed by atoms with van der Waals surface area (Å²) in [7, 11) is 0. The minimum absolute atomic E-state index is 0.205. The van der Waals surface area contributed by atoms with Gasteiger partial charge in [-0.25, -0.2) is 9.28 Å². The van der Waals surface area contributed by atoms with E-state index in [2.05, 4.69) is 27.7 Å². The first-order valence-corrected chi connectivity index (χ1v) is 5.77. The first-order chi connectivity index (χ1) is 6.59. The monoisotopic (exact) mass is 213 g/mol. The molecule has 0 aromatic rings. The number of rotatable bonds is 2. The molecule has 88 valence electrons. The molecule has 1 aliphatic heterocycles. The van der Waals surface area contributed by atoms with Crippen molar-refractivity contribution in [2.24, 2.45) is 11.1 Å². The quantitative estimate of drug-likeness (QED) is 0.562. The van der Waals surface area contributed by atoms with E-state index in [0.717, 1.165) is 13.0 Å². The third-order valence-corrected chi connectivity index (χ3v) is 3.87. The number of carbonyl (C=O) groups excluding carboxylic acids is 1. The predicted molar refractivity (Wildman–Crippen MR) is 61.9 cm³/mol. The van der Waals surface area contributed by atoms with Gasteiger partial charge in [-0.3, -0.25) is 5.73 Å². The van der Waals surface area contributed by atoms with Gasteiger partial charge in [-0.15, -0.1) is 0 Å². The SMILES string of the molecule is CC[N+]1(C(C)=O)C(CC(C)(C)C)C1(C)N. The molecule has 1 heterocycles. The topological polar surface area (TPSA) is 43.1 Å². The number of amides is 1. The summed E-state index contributed by atoms with van der Waals surface area (Å²) >= 11 is 0. The Hall–Kier alpha value is -0.410. The molecule has 3 unspecified atom stereocenters. The van der Waals surface area contributed by atoms with Crippen molar-refractivity contribution >= 4 is 5.91 Å². The van der Waals surface area contributed by atoms with Gasteiger partial charge in [0, 0.05) is 13.3 Å². The van der Waals surface area contributed by atoms with Gasteiger partial charge in [0.15, 0.2) is 6.04 Å². The molecule has 0 aromatic heterocycles. The van der Waals surface area contributed by atoms with Crippen molar-refractivity contribution in [2.75, 3.05) is 6.54 Å². The van der Waals surface area contributed by atoms with E-state index in [1.807, 2.05) is 6.92 Å². The third-order valence-electron chi connectivity index (χ3n) is 3.87. The van der Waals surface area contributed by atoms with Gasteiger partial charge in [0.1, 0.15) is 0 Å². The van der Waals surface area contributed by atoms with Crippen LogP contribution in [-0.4, -0.2) is 28.6 Å². The summed E-state index contributed by atoms with van der Waals surface area (Å²) < 4.78 is 0.463. The van der Waals surface area contributed by atoms with Gasteiger partial charge in [0.2, 0.25) is 5.66 Å². The summed E-state index contributed by atoms with van der Waals surface area (Å²) in [5.41, 5.74) is 6.14. The number of hydrogen-bond acceptors (Lipinski definition) is 2. The molecule has 1 fully saturated rings. The second-order valence-electron chi connectivity index (χ2n) is 6.21. The zero-order chi connectivity index (χ0) is 12.1. The second kappa shape index (κ2) is 3.29. The van der Waals surface area contributed by atoms with Crippen LogP contribution in [0.3, 0.4) is 0 Å². The number of hydrogen-bond donors (Lipinski definition) is 1. The largest absolute Gasteiger partial charge is 0.312 e. The highest BCUT2D eigenvalue weighted by atomic mass is 16.2. The fourth-order valence-corrected chi connectivity index (χ4v) is 3.01. The van der Waals surface area contributed by atoms with E-state index in [4.69, 9.17) is 5.73 Å². The van der Waals surface area contributed by atoms with Crippen LogP contribution in [0, 0.1) is 5.41 Å². The summed E-state index contributed by atoms with van der Waals surface area (Å²) in [4.78, 5) is 11.8. The molecule has 0 saturated carbocycles. The Bertz CT molecular complexity index is 278. The van der Waals surface area contributed by atoms with Gasteiger partial charge in [0.05, 0.1) is 13.5 Å². The lowest BCUT2D eigenvalue weighted by Gasteiger charge is -2.19. The molecule has 3 atom stereocenters. The van der Waals surface area contributed by atoms with Crippen molar-refractivity contribution in [1.29, 1.82) is 0 Å². The van der Waals surface area contributed by atoms with Crippen LogP contribution in [-0.2, 0) is 4.79 Å². The van der Waals surface area contributed by atoms with E-state index in [0.29, 0.717) is 10.5 Å². The predicted octanol–water partition coefficient (Wildman–Crippen LogP) is 1.86. The van der Waals surface area contributed by atoms with Crippen LogP contribution in [0.1, 0.15) is 48.0 Å². The maximum atomic E-state index is 11.8. The Morgan fingerprint density at radius 1 is 1.47 bits per heavy atom. The average Bonchev–Trinajstić information content (AvgIpc) is 2.45. The molecule has 1 amide bonds. The van der Waals surface area contributed by atoms with E-state index >= 15 is 0 Å². The number of quaternary nitrogens is 1. The highest BCUT2D eigenvalue weighted by Gasteiger charge is 2.76. The lowest BCUT2D eigenvalue weighted by atomic mass is 9.89. The molecule has 0 spiro atoms. The molecule has 1 saturated heterocycles. The van der Waals surface area contributed by atoms with Crippen molar-refractivity contribution in [3.05, 3.63) is 0 Å². The Balaban J connectivity index is 2.90. The first-order valence-electron chi connectivity index (χ1n) is 5.77. The Labute approximate surface area is 93.2 Å². The van der Waals surface area contributed by atoms with Crippen molar-refractivity contribution in [3.63, 3.8) is 0 Å². The van der Waals surface area contributed by atoms with Crippen LogP contribution < -0.4 is 5.73 Å². The van der Waals surface area contributed by atoms with Gasteiger partial charge < -0.3 is 0 Å². The van der Waals surface area contributed by atoms with E-state index in [1.165, 1.54) is 0 Å². The first kappa shape index (κ1) is 12.7. The lowest BCUT2D eigenvalue weighted by molar-refractivity contribution is -0.760. The van der Waals surface area contributed by atoms with Gasteiger partial charge in [0.25, 0.3) is 0 Å². The van der Waals surface area contributed by atoms with Crippen LogP contribution in [0.5, 0.6) is 0 Å². The summed E-state index contributed by atoms with van der Waals surface area (Å²) in [6.07, 6.45) is 1.01. The van der Waals surface area contributed by atoms with Gasteiger partial charge in [-0.2, -0.15) is 0 Å². The number of nitrogens with two attached hydrogens (primary N) is 1. The van der Waals surface area contributed by atoms with E-state index < -0.39 is 0 Å². The molecule has 0 radical (unpaired) electrons. The number of carbonyl (C=O) groups is 1. The van der Waals surface area contributed by atoms with Gasteiger partial charge in [-0.1, -0.05) is 20.8 Å². The third kappa shape index (κ3) is 1.72. The van der Waals surface area contributed by atoms with Crippen molar-refractivity contribution in [3.8, 4) is 0 Å². The maximum Gasteiger partial charge on any atom is 0.312 e. The minimum atomic E-state index is -0.353. The maximum absolute atomic E-state index is 11.8. The zero-order valence-corrected chi connectivity index (χ0v) is 10.9. The molecule has 1 rings (SSSR count). The molecule has 1 aliphatic rings. The van der Waals surface area contributed by atoms with Crippen LogP contribution in [0.4, 0.5) is 0 Å². The van der Waals surface area contributed by atoms with E-state index in [9.17, 15) is 4.79 Å². The van der Waals surface area contributed by atoms with Crippen molar-refractivity contribution in [2.45, 2.75) is 59.7 Å². The molecule has 0 aliphatic carbocycles. The minimum Gasteiger partial charge on any atom is -0.274 e. The smallest absolute Gasteiger partial charge is 0.274 e. The zero-order valence-electron chi connectivity index (χ0n) is 10.9. The molecule has 0 aromatic carbocycles. The van der Waals surface area contributed by atoms with Gasteiger partial charge >= 0.3 is 5.91 Å². The van der Waals surface area contributed by atoms with Crippen LogP contribution in [0.15, 0.2) is 0 Å². The van der Waals surface area contributed by atoms with Crippen LogP contribution >= 0.6 is 0 Å². The Morgan fingerprint density at radius 3 is 2.13 bits per heavy atom. The Kier molecular flexibility index (Phi) is 2.78. The van der Waals surface area contributed by atoms with Crippen molar-refractivity contribution in [1.82, 2.24) is 0 Å². The molecule has 3 nitrogen and oxygen atoms in total. The highest BCUT2D eigenvalue weighted by Crippen LogP contribution is 2.51. The molecule has 3 heteroatoms. The summed E-state index contributed by atoms with van der Waals surface area (Å²) in [6, 6.07) is 0.292. The van der Waals surface area contributed by atoms with Crippen LogP contribution in [0.25, 0.3) is 0 Å². The van der Waals surface area contributed by atoms with Crippen LogP contribution in [0.2, 0.25) is 0 Å². The van der Waals surface area contributed by atoms with E-state index in [-0.39, 0.29) is 17.0 Å². The molecule has 2 N–H and O–H groups in total.